The summed E-state index contributed by atoms with van der Waals surface area (Å²) in [4.78, 5) is 32.5. The zero-order valence-electron chi connectivity index (χ0n) is 17.0. The van der Waals surface area contributed by atoms with Gasteiger partial charge in [-0.3, -0.25) is 9.78 Å². The molecule has 0 N–H and O–H groups in total. The zero-order chi connectivity index (χ0) is 22.3. The van der Waals surface area contributed by atoms with Gasteiger partial charge in [-0.2, -0.15) is 13.2 Å². The molecule has 1 aromatic heterocycles. The van der Waals surface area contributed by atoms with Gasteiger partial charge in [0.05, 0.1) is 5.69 Å². The first-order valence-corrected chi connectivity index (χ1v) is 10.1. The molecule has 3 amide bonds. The maximum atomic E-state index is 13.0. The Morgan fingerprint density at radius 3 is 2.27 bits per heavy atom. The number of carbonyl (C=O) groups excluding carboxylic acids is 2. The summed E-state index contributed by atoms with van der Waals surface area (Å²) in [5, 5.41) is 0. The predicted molar refractivity (Wildman–Crippen MR) is 109 cm³/mol. The SMILES string of the molecule is CC1C(=O)N(c2ccc(SC(F)(F)F)cc2)C(=O)N1Cc1ccnc(C(C)(C)C)c1. The number of benzene rings is 1. The Morgan fingerprint density at radius 2 is 1.70 bits per heavy atom. The van der Waals surface area contributed by atoms with Gasteiger partial charge >= 0.3 is 11.5 Å². The highest BCUT2D eigenvalue weighted by Crippen LogP contribution is 2.38. The van der Waals surface area contributed by atoms with E-state index in [4.69, 9.17) is 0 Å². The number of anilines is 1. The predicted octanol–water partition coefficient (Wildman–Crippen LogP) is 5.35. The molecular weight excluding hydrogens is 415 g/mol. The fourth-order valence-electron chi connectivity index (χ4n) is 3.13. The van der Waals surface area contributed by atoms with Gasteiger partial charge in [-0.15, -0.1) is 0 Å². The summed E-state index contributed by atoms with van der Waals surface area (Å²) in [6, 6.07) is 7.72. The highest BCUT2D eigenvalue weighted by atomic mass is 32.2. The van der Waals surface area contributed by atoms with Crippen molar-refractivity contribution in [1.82, 2.24) is 9.88 Å². The maximum absolute atomic E-state index is 13.0. The zero-order valence-corrected chi connectivity index (χ0v) is 17.8. The van der Waals surface area contributed by atoms with Crippen molar-refractivity contribution in [3.05, 3.63) is 53.9 Å². The number of carbonyl (C=O) groups is 2. The number of hydrogen-bond acceptors (Lipinski definition) is 4. The molecule has 1 aromatic carbocycles. The molecule has 160 valence electrons. The van der Waals surface area contributed by atoms with Gasteiger partial charge in [-0.25, -0.2) is 9.69 Å². The molecule has 2 aromatic rings. The van der Waals surface area contributed by atoms with Gasteiger partial charge in [0.2, 0.25) is 0 Å². The van der Waals surface area contributed by atoms with Crippen molar-refractivity contribution in [3.63, 3.8) is 0 Å². The molecule has 0 aliphatic carbocycles. The third kappa shape index (κ3) is 4.77. The van der Waals surface area contributed by atoms with E-state index in [2.05, 4.69) is 4.98 Å². The first-order valence-electron chi connectivity index (χ1n) is 9.32. The summed E-state index contributed by atoms with van der Waals surface area (Å²) in [7, 11) is 0. The molecular formula is C21H22F3N3O2S. The Labute approximate surface area is 177 Å². The third-order valence-corrected chi connectivity index (χ3v) is 5.50. The second-order valence-corrected chi connectivity index (χ2v) is 9.24. The number of hydrogen-bond donors (Lipinski definition) is 0. The Morgan fingerprint density at radius 1 is 1.07 bits per heavy atom. The lowest BCUT2D eigenvalue weighted by Gasteiger charge is -2.22. The molecule has 0 bridgehead atoms. The molecule has 1 aliphatic heterocycles. The van der Waals surface area contributed by atoms with Crippen LogP contribution in [0.3, 0.4) is 0 Å². The van der Waals surface area contributed by atoms with Crippen LogP contribution in [0.4, 0.5) is 23.7 Å². The summed E-state index contributed by atoms with van der Waals surface area (Å²) in [5.41, 5.74) is -2.59. The van der Waals surface area contributed by atoms with Crippen LogP contribution in [0.5, 0.6) is 0 Å². The van der Waals surface area contributed by atoms with Gasteiger partial charge in [-0.05, 0) is 60.6 Å². The molecule has 3 rings (SSSR count). The van der Waals surface area contributed by atoms with Crippen LogP contribution in [0, 0.1) is 0 Å². The number of imide groups is 1. The fourth-order valence-corrected chi connectivity index (χ4v) is 3.67. The van der Waals surface area contributed by atoms with E-state index in [0.717, 1.165) is 16.2 Å². The lowest BCUT2D eigenvalue weighted by Crippen LogP contribution is -2.33. The first-order chi connectivity index (χ1) is 13.9. The molecule has 0 radical (unpaired) electrons. The van der Waals surface area contributed by atoms with Crippen molar-refractivity contribution < 1.29 is 22.8 Å². The van der Waals surface area contributed by atoms with E-state index in [9.17, 15) is 22.8 Å². The standard InChI is InChI=1S/C21H22F3N3O2S/c1-13-18(28)27(15-5-7-16(8-6-15)30-21(22,23)24)19(29)26(13)12-14-9-10-25-17(11-14)20(2,3)4/h5-11,13H,12H2,1-4H3. The van der Waals surface area contributed by atoms with Crippen molar-refractivity contribution >= 4 is 29.4 Å². The number of thioether (sulfide) groups is 1. The molecule has 30 heavy (non-hydrogen) atoms. The van der Waals surface area contributed by atoms with Gasteiger partial charge in [0.15, 0.2) is 0 Å². The third-order valence-electron chi connectivity index (χ3n) is 4.76. The van der Waals surface area contributed by atoms with Crippen LogP contribution in [0.25, 0.3) is 0 Å². The number of pyridine rings is 1. The van der Waals surface area contributed by atoms with Gasteiger partial charge in [0.25, 0.3) is 5.91 Å². The number of halogens is 3. The number of urea groups is 1. The fraction of sp³-hybridized carbons (Fsp3) is 0.381. The van der Waals surface area contributed by atoms with E-state index in [1.807, 2.05) is 26.8 Å². The second kappa shape index (κ2) is 7.94. The molecule has 5 nitrogen and oxygen atoms in total. The summed E-state index contributed by atoms with van der Waals surface area (Å²) >= 11 is -0.245. The van der Waals surface area contributed by atoms with E-state index in [1.54, 1.807) is 19.2 Å². The molecule has 9 heteroatoms. The number of nitrogens with zero attached hydrogens (tertiary/aromatic N) is 3. The summed E-state index contributed by atoms with van der Waals surface area (Å²) in [5.74, 6) is -0.415. The Bertz CT molecular complexity index is 955. The van der Waals surface area contributed by atoms with Gasteiger partial charge < -0.3 is 4.90 Å². The molecule has 1 aliphatic rings. The Kier molecular flexibility index (Phi) is 5.86. The maximum Gasteiger partial charge on any atom is 0.446 e. The number of amides is 3. The van der Waals surface area contributed by atoms with Gasteiger partial charge in [0, 0.05) is 28.7 Å². The van der Waals surface area contributed by atoms with Crippen LogP contribution in [0.2, 0.25) is 0 Å². The van der Waals surface area contributed by atoms with Crippen LogP contribution in [0.1, 0.15) is 39.0 Å². The van der Waals surface area contributed by atoms with Gasteiger partial charge in [0.1, 0.15) is 6.04 Å². The molecule has 1 saturated heterocycles. The Hall–Kier alpha value is -2.55. The van der Waals surface area contributed by atoms with Crippen LogP contribution in [0.15, 0.2) is 47.5 Å². The Balaban J connectivity index is 1.81. The second-order valence-electron chi connectivity index (χ2n) is 8.10. The lowest BCUT2D eigenvalue weighted by molar-refractivity contribution is -0.119. The normalized spacial score (nSPS) is 17.8. The summed E-state index contributed by atoms with van der Waals surface area (Å²) in [6.45, 7) is 7.98. The average Bonchev–Trinajstić information content (AvgIpc) is 2.84. The van der Waals surface area contributed by atoms with Crippen LogP contribution in [-0.2, 0) is 16.8 Å². The molecule has 1 atom stereocenters. The minimum Gasteiger partial charge on any atom is -0.308 e. The minimum absolute atomic E-state index is 0.0123. The molecule has 1 unspecified atom stereocenters. The first kappa shape index (κ1) is 22.1. The van der Waals surface area contributed by atoms with Crippen molar-refractivity contribution in [3.8, 4) is 0 Å². The van der Waals surface area contributed by atoms with Crippen molar-refractivity contribution in [2.75, 3.05) is 4.90 Å². The quantitative estimate of drug-likeness (QED) is 0.478. The van der Waals surface area contributed by atoms with E-state index in [-0.39, 0.29) is 34.3 Å². The highest BCUT2D eigenvalue weighted by Gasteiger charge is 2.43. The lowest BCUT2D eigenvalue weighted by atomic mass is 9.91. The highest BCUT2D eigenvalue weighted by molar-refractivity contribution is 8.00. The van der Waals surface area contributed by atoms with Crippen LogP contribution >= 0.6 is 11.8 Å². The topological polar surface area (TPSA) is 53.5 Å². The molecule has 0 spiro atoms. The van der Waals surface area contributed by atoms with Crippen LogP contribution in [-0.4, -0.2) is 33.4 Å². The smallest absolute Gasteiger partial charge is 0.308 e. The molecule has 0 saturated carbocycles. The van der Waals surface area contributed by atoms with E-state index in [0.29, 0.717) is 0 Å². The monoisotopic (exact) mass is 437 g/mol. The average molecular weight is 437 g/mol. The van der Waals surface area contributed by atoms with Crippen LogP contribution < -0.4 is 4.90 Å². The van der Waals surface area contributed by atoms with Crippen molar-refractivity contribution in [2.24, 2.45) is 0 Å². The van der Waals surface area contributed by atoms with Crippen molar-refractivity contribution in [2.45, 2.75) is 56.1 Å². The largest absolute Gasteiger partial charge is 0.446 e. The summed E-state index contributed by atoms with van der Waals surface area (Å²) < 4.78 is 37.5. The minimum atomic E-state index is -4.40. The van der Waals surface area contributed by atoms with E-state index < -0.39 is 23.5 Å². The molecule has 1 fully saturated rings. The number of rotatable bonds is 4. The summed E-state index contributed by atoms with van der Waals surface area (Å²) in [6.07, 6.45) is 1.68. The number of aromatic nitrogens is 1. The number of alkyl halides is 3. The van der Waals surface area contributed by atoms with Gasteiger partial charge in [-0.1, -0.05) is 20.8 Å². The van der Waals surface area contributed by atoms with E-state index >= 15 is 0 Å². The van der Waals surface area contributed by atoms with Crippen molar-refractivity contribution in [1.29, 1.82) is 0 Å². The molecule has 2 heterocycles. The van der Waals surface area contributed by atoms with E-state index in [1.165, 1.54) is 29.2 Å².